The van der Waals surface area contributed by atoms with Crippen LogP contribution < -0.4 is 10.2 Å². The van der Waals surface area contributed by atoms with Gasteiger partial charge in [0.15, 0.2) is 5.11 Å². The van der Waals surface area contributed by atoms with Gasteiger partial charge in [0, 0.05) is 29.5 Å². The highest BCUT2D eigenvalue weighted by Gasteiger charge is 2.42. The summed E-state index contributed by atoms with van der Waals surface area (Å²) in [4.78, 5) is 18.7. The van der Waals surface area contributed by atoms with Gasteiger partial charge in [0.1, 0.15) is 11.9 Å². The first-order chi connectivity index (χ1) is 17.0. The lowest BCUT2D eigenvalue weighted by Gasteiger charge is -2.29. The predicted octanol–water partition coefficient (Wildman–Crippen LogP) is 5.28. The van der Waals surface area contributed by atoms with Crippen molar-refractivity contribution in [2.45, 2.75) is 19.0 Å². The van der Waals surface area contributed by atoms with Crippen molar-refractivity contribution >= 4 is 29.0 Å². The largest absolute Gasteiger partial charge is 0.465 e. The van der Waals surface area contributed by atoms with Gasteiger partial charge < -0.3 is 19.5 Å². The SMILES string of the molecule is COC(=O)c1cccc(-n2cccc2[C@@H]2[C@@H](c3ccccn3)NC(=S)N2c2ccc(F)c(C)c2)c1. The predicted molar refractivity (Wildman–Crippen MR) is 136 cm³/mol. The molecule has 4 aromatic rings. The van der Waals surface area contributed by atoms with E-state index in [0.717, 1.165) is 22.8 Å². The van der Waals surface area contributed by atoms with Crippen LogP contribution in [0.1, 0.15) is 39.4 Å². The van der Waals surface area contributed by atoms with Gasteiger partial charge in [-0.15, -0.1) is 0 Å². The first kappa shape index (κ1) is 22.7. The summed E-state index contributed by atoms with van der Waals surface area (Å²) in [7, 11) is 1.36. The van der Waals surface area contributed by atoms with Crippen molar-refractivity contribution in [2.75, 3.05) is 12.0 Å². The summed E-state index contributed by atoms with van der Waals surface area (Å²) in [6, 6.07) is 21.4. The fraction of sp³-hybridized carbons (Fsp3) is 0.148. The number of aryl methyl sites for hydroxylation is 1. The van der Waals surface area contributed by atoms with Gasteiger partial charge in [0.25, 0.3) is 0 Å². The molecule has 3 heterocycles. The van der Waals surface area contributed by atoms with Crippen LogP contribution in [0.5, 0.6) is 0 Å². The van der Waals surface area contributed by atoms with E-state index >= 15 is 0 Å². The Morgan fingerprint density at radius 1 is 1.06 bits per heavy atom. The van der Waals surface area contributed by atoms with Crippen LogP contribution in [0.25, 0.3) is 5.69 Å². The van der Waals surface area contributed by atoms with Crippen molar-refractivity contribution in [1.29, 1.82) is 0 Å². The fourth-order valence-electron chi connectivity index (χ4n) is 4.48. The average Bonchev–Trinajstić information content (AvgIpc) is 3.50. The number of carbonyl (C=O) groups is 1. The van der Waals surface area contributed by atoms with Gasteiger partial charge in [-0.1, -0.05) is 12.1 Å². The molecule has 2 aromatic heterocycles. The lowest BCUT2D eigenvalue weighted by Crippen LogP contribution is -2.30. The fourth-order valence-corrected chi connectivity index (χ4v) is 4.83. The number of anilines is 1. The molecule has 2 atom stereocenters. The zero-order valence-corrected chi connectivity index (χ0v) is 20.0. The van der Waals surface area contributed by atoms with Gasteiger partial charge in [-0.3, -0.25) is 4.98 Å². The van der Waals surface area contributed by atoms with E-state index in [1.807, 2.05) is 58.1 Å². The normalized spacial score (nSPS) is 17.3. The third kappa shape index (κ3) is 4.17. The Bertz CT molecular complexity index is 1410. The number of hydrogen-bond acceptors (Lipinski definition) is 4. The van der Waals surface area contributed by atoms with Crippen molar-refractivity contribution < 1.29 is 13.9 Å². The Hall–Kier alpha value is -4.04. The molecule has 1 aliphatic rings. The second-order valence-corrected chi connectivity index (χ2v) is 8.66. The molecule has 6 nitrogen and oxygen atoms in total. The monoisotopic (exact) mass is 486 g/mol. The van der Waals surface area contributed by atoms with Crippen LogP contribution in [0.15, 0.2) is 85.2 Å². The third-order valence-electron chi connectivity index (χ3n) is 6.15. The highest BCUT2D eigenvalue weighted by Crippen LogP contribution is 2.42. The molecule has 0 spiro atoms. The maximum atomic E-state index is 14.1. The first-order valence-corrected chi connectivity index (χ1v) is 11.5. The van der Waals surface area contributed by atoms with Crippen molar-refractivity contribution in [3.05, 3.63) is 114 Å². The number of carbonyl (C=O) groups excluding carboxylic acids is 1. The Morgan fingerprint density at radius 3 is 2.66 bits per heavy atom. The highest BCUT2D eigenvalue weighted by atomic mass is 32.1. The minimum atomic E-state index is -0.404. The molecule has 35 heavy (non-hydrogen) atoms. The van der Waals surface area contributed by atoms with Gasteiger partial charge in [-0.2, -0.15) is 0 Å². The third-order valence-corrected chi connectivity index (χ3v) is 6.46. The Balaban J connectivity index is 1.66. The number of hydrogen-bond donors (Lipinski definition) is 1. The van der Waals surface area contributed by atoms with Gasteiger partial charge in [0.05, 0.1) is 24.4 Å². The van der Waals surface area contributed by atoms with Crippen LogP contribution in [-0.4, -0.2) is 27.7 Å². The van der Waals surface area contributed by atoms with Crippen molar-refractivity contribution in [2.24, 2.45) is 0 Å². The number of thiocarbonyl (C=S) groups is 1. The van der Waals surface area contributed by atoms with Crippen molar-refractivity contribution in [3.63, 3.8) is 0 Å². The lowest BCUT2D eigenvalue weighted by atomic mass is 10.0. The van der Waals surface area contributed by atoms with E-state index in [1.165, 1.54) is 13.2 Å². The number of benzene rings is 2. The maximum Gasteiger partial charge on any atom is 0.337 e. The second kappa shape index (κ2) is 9.31. The molecule has 1 saturated heterocycles. The molecule has 0 saturated carbocycles. The molecule has 8 heteroatoms. The Morgan fingerprint density at radius 2 is 1.91 bits per heavy atom. The Kier molecular flexibility index (Phi) is 6.05. The highest BCUT2D eigenvalue weighted by molar-refractivity contribution is 7.80. The quantitative estimate of drug-likeness (QED) is 0.306. The smallest absolute Gasteiger partial charge is 0.337 e. The number of methoxy groups -OCH3 is 1. The molecule has 1 N–H and O–H groups in total. The van der Waals surface area contributed by atoms with Crippen LogP contribution in [0.3, 0.4) is 0 Å². The van der Waals surface area contributed by atoms with E-state index in [9.17, 15) is 9.18 Å². The number of pyridine rings is 1. The standard InChI is InChI=1S/C27H23FN4O2S/c1-17-15-20(11-12-21(17)28)32-25(24(30-27(32)35)22-9-3-4-13-29-22)23-10-6-14-31(23)19-8-5-7-18(16-19)26(33)34-2/h3-16,24-25H,1-2H3,(H,30,35)/t24-,25-/m1/s1. The summed E-state index contributed by atoms with van der Waals surface area (Å²) in [6.45, 7) is 1.73. The zero-order chi connectivity index (χ0) is 24.5. The van der Waals surface area contributed by atoms with E-state index < -0.39 is 5.97 Å². The van der Waals surface area contributed by atoms with Crippen LogP contribution in [0.2, 0.25) is 0 Å². The molecule has 0 unspecified atom stereocenters. The number of ether oxygens (including phenoxy) is 1. The van der Waals surface area contributed by atoms with Crippen LogP contribution in [-0.2, 0) is 4.74 Å². The van der Waals surface area contributed by atoms with E-state index in [2.05, 4.69) is 10.3 Å². The van der Waals surface area contributed by atoms with Gasteiger partial charge in [-0.25, -0.2) is 9.18 Å². The summed E-state index contributed by atoms with van der Waals surface area (Å²) in [5.41, 5.74) is 4.33. The van der Waals surface area contributed by atoms with Gasteiger partial charge >= 0.3 is 5.97 Å². The van der Waals surface area contributed by atoms with Crippen LogP contribution in [0, 0.1) is 12.7 Å². The van der Waals surface area contributed by atoms with E-state index in [0.29, 0.717) is 16.2 Å². The van der Waals surface area contributed by atoms with Crippen LogP contribution >= 0.6 is 12.2 Å². The maximum absolute atomic E-state index is 14.1. The molecule has 5 rings (SSSR count). The molecule has 2 aromatic carbocycles. The average molecular weight is 487 g/mol. The van der Waals surface area contributed by atoms with Gasteiger partial charge in [0.2, 0.25) is 0 Å². The summed E-state index contributed by atoms with van der Waals surface area (Å²) >= 11 is 5.78. The topological polar surface area (TPSA) is 59.4 Å². The molecule has 1 fully saturated rings. The number of aromatic nitrogens is 2. The lowest BCUT2D eigenvalue weighted by molar-refractivity contribution is 0.0600. The summed E-state index contributed by atoms with van der Waals surface area (Å²) in [6.07, 6.45) is 3.69. The van der Waals surface area contributed by atoms with Gasteiger partial charge in [-0.05, 0) is 85.4 Å². The summed E-state index contributed by atoms with van der Waals surface area (Å²) in [5, 5.41) is 3.94. The van der Waals surface area contributed by atoms with E-state index in [4.69, 9.17) is 17.0 Å². The van der Waals surface area contributed by atoms with Crippen molar-refractivity contribution in [1.82, 2.24) is 14.9 Å². The van der Waals surface area contributed by atoms with E-state index in [1.54, 1.807) is 37.4 Å². The minimum absolute atomic E-state index is 0.258. The number of esters is 1. The molecule has 0 aliphatic carbocycles. The molecule has 176 valence electrons. The molecule has 0 bridgehead atoms. The molecule has 1 aliphatic heterocycles. The minimum Gasteiger partial charge on any atom is -0.465 e. The number of nitrogens with zero attached hydrogens (tertiary/aromatic N) is 3. The van der Waals surface area contributed by atoms with Crippen molar-refractivity contribution in [3.8, 4) is 5.69 Å². The van der Waals surface area contributed by atoms with Crippen LogP contribution in [0.4, 0.5) is 10.1 Å². The number of nitrogens with one attached hydrogen (secondary N) is 1. The number of rotatable bonds is 5. The summed E-state index contributed by atoms with van der Waals surface area (Å²) < 4.78 is 21.0. The Labute approximate surface area is 208 Å². The number of halogens is 1. The molecule has 0 radical (unpaired) electrons. The first-order valence-electron chi connectivity index (χ1n) is 11.1. The summed E-state index contributed by atoms with van der Waals surface area (Å²) in [5.74, 6) is -0.674. The molecular weight excluding hydrogens is 463 g/mol. The molecule has 0 amide bonds. The van der Waals surface area contributed by atoms with E-state index in [-0.39, 0.29) is 17.9 Å². The molecular formula is C27H23FN4O2S. The zero-order valence-electron chi connectivity index (χ0n) is 19.2. The second-order valence-electron chi connectivity index (χ2n) is 8.28.